The number of carbonyl (C=O) groups is 4. The third kappa shape index (κ3) is 7.03. The van der Waals surface area contributed by atoms with Gasteiger partial charge < -0.3 is 15.5 Å². The maximum atomic E-state index is 13.2. The van der Waals surface area contributed by atoms with E-state index in [0.717, 1.165) is 48.0 Å². The molecule has 0 bridgehead atoms. The number of nitrogens with zero attached hydrogens (tertiary/aromatic N) is 1. The molecule has 190 valence electrons. The minimum atomic E-state index is -1.33. The van der Waals surface area contributed by atoms with Crippen molar-refractivity contribution in [2.75, 3.05) is 20.3 Å². The number of nitrogens with two attached hydrogens (primary N) is 1. The number of nitrogens with one attached hydrogen (secondary N) is 2. The molecule has 0 unspecified atom stereocenters. The van der Waals surface area contributed by atoms with Gasteiger partial charge in [-0.1, -0.05) is 38.2 Å². The zero-order valence-electron chi connectivity index (χ0n) is 20.0. The first kappa shape index (κ1) is 26.2. The van der Waals surface area contributed by atoms with Gasteiger partial charge in [-0.25, -0.2) is 4.39 Å². The number of halogens is 1. The number of aromatic nitrogens is 1. The quantitative estimate of drug-likeness (QED) is 0.330. The number of ether oxygens (including phenoxy) is 1. The summed E-state index contributed by atoms with van der Waals surface area (Å²) < 4.78 is 18.4. The van der Waals surface area contributed by atoms with Crippen LogP contribution in [0, 0.1) is 11.8 Å². The van der Waals surface area contributed by atoms with Crippen molar-refractivity contribution >= 4 is 34.4 Å². The van der Waals surface area contributed by atoms with Crippen LogP contribution in [0.3, 0.4) is 0 Å². The molecule has 0 saturated heterocycles. The van der Waals surface area contributed by atoms with Crippen LogP contribution in [0.4, 0.5) is 4.39 Å². The van der Waals surface area contributed by atoms with E-state index in [9.17, 15) is 23.6 Å². The molecule has 35 heavy (non-hydrogen) atoms. The van der Waals surface area contributed by atoms with Gasteiger partial charge in [-0.05, 0) is 30.5 Å². The summed E-state index contributed by atoms with van der Waals surface area (Å²) in [5.41, 5.74) is 8.67. The number of benzene rings is 1. The molecule has 3 amide bonds. The van der Waals surface area contributed by atoms with Crippen molar-refractivity contribution in [3.05, 3.63) is 30.0 Å². The summed E-state index contributed by atoms with van der Waals surface area (Å²) >= 11 is 0. The van der Waals surface area contributed by atoms with Crippen LogP contribution in [0.15, 0.2) is 24.3 Å². The number of ketones is 1. The Morgan fingerprint density at radius 3 is 2.63 bits per heavy atom. The van der Waals surface area contributed by atoms with E-state index in [0.29, 0.717) is 17.9 Å². The number of alkyl halides is 1. The van der Waals surface area contributed by atoms with Gasteiger partial charge in [-0.2, -0.15) is 0 Å². The number of H-pyrrole nitrogens is 1. The first-order valence-electron chi connectivity index (χ1n) is 12.0. The van der Waals surface area contributed by atoms with Crippen LogP contribution in [-0.4, -0.2) is 53.8 Å². The largest absolute Gasteiger partial charge is 0.496 e. The van der Waals surface area contributed by atoms with Gasteiger partial charge >= 0.3 is 0 Å². The van der Waals surface area contributed by atoms with E-state index in [2.05, 4.69) is 10.4 Å². The molecule has 1 aromatic carbocycles. The molecule has 9 nitrogen and oxygen atoms in total. The van der Waals surface area contributed by atoms with Gasteiger partial charge in [0, 0.05) is 29.7 Å². The molecule has 1 fully saturated rings. The van der Waals surface area contributed by atoms with Crippen LogP contribution in [0.2, 0.25) is 0 Å². The molecule has 1 aromatic heterocycles. The van der Waals surface area contributed by atoms with Gasteiger partial charge in [0.15, 0.2) is 12.5 Å². The molecule has 1 aliphatic carbocycles. The van der Waals surface area contributed by atoms with Gasteiger partial charge in [0.05, 0.1) is 19.3 Å². The number of amides is 3. The number of hydrazine groups is 1. The lowest BCUT2D eigenvalue weighted by atomic mass is 9.81. The summed E-state index contributed by atoms with van der Waals surface area (Å²) in [6, 6.07) is 7.15. The van der Waals surface area contributed by atoms with Gasteiger partial charge in [0.25, 0.3) is 5.91 Å². The minimum Gasteiger partial charge on any atom is -0.496 e. The van der Waals surface area contributed by atoms with Crippen molar-refractivity contribution in [1.82, 2.24) is 15.4 Å². The molecule has 0 aliphatic heterocycles. The topological polar surface area (TPSA) is 135 Å². The zero-order chi connectivity index (χ0) is 25.4. The van der Waals surface area contributed by atoms with Crippen LogP contribution in [-0.2, 0) is 14.4 Å². The first-order valence-corrected chi connectivity index (χ1v) is 12.0. The molecule has 4 N–H and O–H groups in total. The summed E-state index contributed by atoms with van der Waals surface area (Å²) in [5.74, 6) is -2.27. The summed E-state index contributed by atoms with van der Waals surface area (Å²) in [6.45, 7) is -1.57. The number of hydrogen-bond donors (Lipinski definition) is 3. The number of hydrogen-bond acceptors (Lipinski definition) is 5. The van der Waals surface area contributed by atoms with E-state index in [-0.39, 0.29) is 31.1 Å². The maximum Gasteiger partial charge on any atom is 0.272 e. The van der Waals surface area contributed by atoms with Crippen molar-refractivity contribution < 1.29 is 28.3 Å². The molecule has 1 atom stereocenters. The Bertz CT molecular complexity index is 1060. The highest BCUT2D eigenvalue weighted by molar-refractivity contribution is 6.02. The van der Waals surface area contributed by atoms with E-state index in [1.165, 1.54) is 0 Å². The standard InChI is InChI=1S/C25H33FN4O5/c1-35-22-9-5-8-19-18(22)14-20(28-19)21(31)13-17(12-16-6-3-2-4-7-16)25(34)29-30(24(33)15-26)11-10-23(27)32/h5,8-9,14,16-17,28H,2-4,6-7,10-13,15H2,1H3,(H2,27,32)(H,29,34)/t17-/m1/s1. The molecule has 1 heterocycles. The first-order chi connectivity index (χ1) is 16.8. The molecule has 0 radical (unpaired) electrons. The van der Waals surface area contributed by atoms with Crippen LogP contribution < -0.4 is 15.9 Å². The third-order valence-corrected chi connectivity index (χ3v) is 6.53. The number of Topliss-reactive ketones (excluding diaryl/α,β-unsaturated/α-hetero) is 1. The Kier molecular flexibility index (Phi) is 9.22. The Morgan fingerprint density at radius 2 is 1.97 bits per heavy atom. The molecule has 3 rings (SSSR count). The monoisotopic (exact) mass is 488 g/mol. The van der Waals surface area contributed by atoms with Crippen LogP contribution in [0.5, 0.6) is 5.75 Å². The average molecular weight is 489 g/mol. The second-order valence-electron chi connectivity index (χ2n) is 9.04. The lowest BCUT2D eigenvalue weighted by Crippen LogP contribution is -2.50. The highest BCUT2D eigenvalue weighted by atomic mass is 19.1. The highest BCUT2D eigenvalue weighted by Gasteiger charge is 2.30. The Labute approximate surface area is 203 Å². The van der Waals surface area contributed by atoms with Crippen molar-refractivity contribution in [3.63, 3.8) is 0 Å². The third-order valence-electron chi connectivity index (χ3n) is 6.53. The number of rotatable bonds is 11. The highest BCUT2D eigenvalue weighted by Crippen LogP contribution is 2.32. The van der Waals surface area contributed by atoms with Crippen LogP contribution >= 0.6 is 0 Å². The van der Waals surface area contributed by atoms with E-state index in [1.54, 1.807) is 19.2 Å². The Balaban J connectivity index is 1.78. The number of fused-ring (bicyclic) bond motifs is 1. The predicted octanol–water partition coefficient (Wildman–Crippen LogP) is 3.04. The molecule has 1 aliphatic rings. The van der Waals surface area contributed by atoms with Gasteiger partial charge in [0.2, 0.25) is 11.8 Å². The van der Waals surface area contributed by atoms with Crippen LogP contribution in [0.1, 0.15) is 61.9 Å². The molecule has 10 heteroatoms. The normalized spacial score (nSPS) is 14.9. The summed E-state index contributed by atoms with van der Waals surface area (Å²) in [5, 5.41) is 1.54. The van der Waals surface area contributed by atoms with Gasteiger partial charge in [-0.3, -0.25) is 29.6 Å². The predicted molar refractivity (Wildman–Crippen MR) is 128 cm³/mol. The van der Waals surface area contributed by atoms with E-state index < -0.39 is 30.3 Å². The van der Waals surface area contributed by atoms with Crippen molar-refractivity contribution in [2.45, 2.75) is 51.4 Å². The van der Waals surface area contributed by atoms with E-state index in [1.807, 2.05) is 12.1 Å². The molecule has 0 spiro atoms. The summed E-state index contributed by atoms with van der Waals surface area (Å²) in [6.07, 6.45) is 5.40. The fraction of sp³-hybridized carbons (Fsp3) is 0.520. The fourth-order valence-electron chi connectivity index (χ4n) is 4.66. The summed E-state index contributed by atoms with van der Waals surface area (Å²) in [7, 11) is 1.55. The van der Waals surface area contributed by atoms with Crippen molar-refractivity contribution in [3.8, 4) is 5.75 Å². The lowest BCUT2D eigenvalue weighted by Gasteiger charge is -2.28. The Morgan fingerprint density at radius 1 is 1.23 bits per heavy atom. The van der Waals surface area contributed by atoms with Gasteiger partial charge in [-0.15, -0.1) is 0 Å². The lowest BCUT2D eigenvalue weighted by molar-refractivity contribution is -0.144. The fourth-order valence-corrected chi connectivity index (χ4v) is 4.66. The SMILES string of the molecule is COc1cccc2[nH]c(C(=O)C[C@@H](CC3CCCCC3)C(=O)NN(CCC(N)=O)C(=O)CF)cc12. The molecule has 1 saturated carbocycles. The number of methoxy groups -OCH3 is 1. The van der Waals surface area contributed by atoms with Crippen molar-refractivity contribution in [1.29, 1.82) is 0 Å². The zero-order valence-corrected chi connectivity index (χ0v) is 20.0. The number of aromatic amines is 1. The number of primary amides is 1. The van der Waals surface area contributed by atoms with Gasteiger partial charge in [0.1, 0.15) is 5.75 Å². The number of carbonyl (C=O) groups excluding carboxylic acids is 4. The summed E-state index contributed by atoms with van der Waals surface area (Å²) in [4.78, 5) is 52.6. The minimum absolute atomic E-state index is 0.0784. The van der Waals surface area contributed by atoms with Crippen molar-refractivity contribution in [2.24, 2.45) is 17.6 Å². The second-order valence-corrected chi connectivity index (χ2v) is 9.04. The van der Waals surface area contributed by atoms with E-state index >= 15 is 0 Å². The molecule has 2 aromatic rings. The van der Waals surface area contributed by atoms with Crippen LogP contribution in [0.25, 0.3) is 10.9 Å². The Hall–Kier alpha value is -3.43. The molecular formula is C25H33FN4O5. The smallest absolute Gasteiger partial charge is 0.272 e. The molecular weight excluding hydrogens is 455 g/mol. The average Bonchev–Trinajstić information content (AvgIpc) is 3.30. The van der Waals surface area contributed by atoms with E-state index in [4.69, 9.17) is 10.5 Å². The second kappa shape index (κ2) is 12.3. The maximum absolute atomic E-state index is 13.2.